The summed E-state index contributed by atoms with van der Waals surface area (Å²) in [4.78, 5) is 6.66. The van der Waals surface area contributed by atoms with Crippen LogP contribution in [0.2, 0.25) is 0 Å². The Bertz CT molecular complexity index is 334. The zero-order valence-corrected chi connectivity index (χ0v) is 10.1. The second-order valence-corrected chi connectivity index (χ2v) is 4.63. The summed E-state index contributed by atoms with van der Waals surface area (Å²) in [7, 11) is 0. The number of rotatable bonds is 3. The molecule has 1 aromatic heterocycles. The van der Waals surface area contributed by atoms with Gasteiger partial charge in [0.1, 0.15) is 0 Å². The van der Waals surface area contributed by atoms with Crippen LogP contribution < -0.4 is 4.90 Å². The summed E-state index contributed by atoms with van der Waals surface area (Å²) < 4.78 is 0. The van der Waals surface area contributed by atoms with Gasteiger partial charge < -0.3 is 10.0 Å². The molecule has 3 heteroatoms. The van der Waals surface area contributed by atoms with Crippen LogP contribution in [0.3, 0.4) is 0 Å². The van der Waals surface area contributed by atoms with Crippen LogP contribution in [0.15, 0.2) is 18.3 Å². The third-order valence-corrected chi connectivity index (χ3v) is 3.43. The molecule has 1 aliphatic rings. The molecule has 1 fully saturated rings. The summed E-state index contributed by atoms with van der Waals surface area (Å²) in [5.41, 5.74) is 1.93. The first-order valence-electron chi connectivity index (χ1n) is 6.09. The Kier molecular flexibility index (Phi) is 3.44. The Morgan fingerprint density at radius 2 is 2.38 bits per heavy atom. The van der Waals surface area contributed by atoms with Crippen LogP contribution >= 0.6 is 0 Å². The highest BCUT2D eigenvalue weighted by atomic mass is 16.3. The zero-order valence-electron chi connectivity index (χ0n) is 10.1. The third-order valence-electron chi connectivity index (χ3n) is 3.43. The zero-order chi connectivity index (χ0) is 11.5. The van der Waals surface area contributed by atoms with Crippen LogP contribution in [0, 0.1) is 5.92 Å². The van der Waals surface area contributed by atoms with Gasteiger partial charge in [0.25, 0.3) is 0 Å². The minimum absolute atomic E-state index is 0.476. The van der Waals surface area contributed by atoms with E-state index in [2.05, 4.69) is 22.9 Å². The summed E-state index contributed by atoms with van der Waals surface area (Å²) in [5, 5.41) is 9.38. The highest BCUT2D eigenvalue weighted by molar-refractivity contribution is 5.45. The molecule has 0 amide bonds. The molecule has 1 saturated heterocycles. The Balaban J connectivity index is 2.05. The van der Waals surface area contributed by atoms with Crippen LogP contribution in [0.1, 0.15) is 38.5 Å². The molecule has 2 rings (SSSR count). The van der Waals surface area contributed by atoms with Gasteiger partial charge in [-0.15, -0.1) is 0 Å². The van der Waals surface area contributed by atoms with E-state index in [-0.39, 0.29) is 0 Å². The van der Waals surface area contributed by atoms with Crippen molar-refractivity contribution in [2.75, 3.05) is 18.0 Å². The molecule has 0 aromatic carbocycles. The largest absolute Gasteiger partial charge is 0.387 e. The number of hydrogen-bond acceptors (Lipinski definition) is 3. The summed E-state index contributed by atoms with van der Waals surface area (Å²) in [6.07, 6.45) is 3.95. The molecule has 0 spiro atoms. The molecule has 16 heavy (non-hydrogen) atoms. The molecule has 0 bridgehead atoms. The first-order valence-corrected chi connectivity index (χ1v) is 6.09. The van der Waals surface area contributed by atoms with Gasteiger partial charge in [-0.2, -0.15) is 0 Å². The third kappa shape index (κ3) is 2.35. The van der Waals surface area contributed by atoms with Gasteiger partial charge in [-0.3, -0.25) is 4.98 Å². The first-order chi connectivity index (χ1) is 7.70. The van der Waals surface area contributed by atoms with Crippen molar-refractivity contribution in [3.8, 4) is 0 Å². The summed E-state index contributed by atoms with van der Waals surface area (Å²) >= 11 is 0. The lowest BCUT2D eigenvalue weighted by Gasteiger charge is -2.18. The van der Waals surface area contributed by atoms with Gasteiger partial charge in [0.15, 0.2) is 0 Å². The van der Waals surface area contributed by atoms with Crippen molar-refractivity contribution < 1.29 is 5.11 Å². The fourth-order valence-electron chi connectivity index (χ4n) is 2.23. The molecule has 1 aliphatic heterocycles. The van der Waals surface area contributed by atoms with Crippen LogP contribution in [0.4, 0.5) is 5.69 Å². The average Bonchev–Trinajstić information content (AvgIpc) is 2.77. The van der Waals surface area contributed by atoms with Crippen molar-refractivity contribution in [2.24, 2.45) is 5.92 Å². The van der Waals surface area contributed by atoms with Gasteiger partial charge in [-0.05, 0) is 31.4 Å². The Hall–Kier alpha value is -1.09. The maximum absolute atomic E-state index is 9.38. The number of hydrogen-bond donors (Lipinski definition) is 1. The number of aliphatic hydroxyl groups is 1. The summed E-state index contributed by atoms with van der Waals surface area (Å²) in [6, 6.07) is 3.98. The molecule has 0 radical (unpaired) electrons. The number of aliphatic hydroxyl groups excluding tert-OH is 1. The lowest BCUT2D eigenvalue weighted by Crippen LogP contribution is -2.19. The van der Waals surface area contributed by atoms with Gasteiger partial charge in [0, 0.05) is 13.1 Å². The van der Waals surface area contributed by atoms with Gasteiger partial charge in [-0.25, -0.2) is 0 Å². The molecule has 1 N–H and O–H groups in total. The second kappa shape index (κ2) is 4.83. The fraction of sp³-hybridized carbons (Fsp3) is 0.615. The van der Waals surface area contributed by atoms with Crippen LogP contribution in [0.5, 0.6) is 0 Å². The SMILES string of the molecule is CCC1CCN(c2ccc(C(C)O)nc2)C1. The van der Waals surface area contributed by atoms with Crippen molar-refractivity contribution in [2.45, 2.75) is 32.8 Å². The lowest BCUT2D eigenvalue weighted by atomic mass is 10.1. The van der Waals surface area contributed by atoms with Gasteiger partial charge in [-0.1, -0.05) is 13.3 Å². The van der Waals surface area contributed by atoms with E-state index in [1.165, 1.54) is 18.5 Å². The van der Waals surface area contributed by atoms with E-state index in [1.807, 2.05) is 12.3 Å². The number of nitrogens with zero attached hydrogens (tertiary/aromatic N) is 2. The summed E-state index contributed by atoms with van der Waals surface area (Å²) in [5.74, 6) is 0.830. The fourth-order valence-corrected chi connectivity index (χ4v) is 2.23. The van der Waals surface area contributed by atoms with Gasteiger partial charge >= 0.3 is 0 Å². The topological polar surface area (TPSA) is 36.4 Å². The lowest BCUT2D eigenvalue weighted by molar-refractivity contribution is 0.194. The Labute approximate surface area is 97.1 Å². The van der Waals surface area contributed by atoms with Gasteiger partial charge in [0.2, 0.25) is 0 Å². The second-order valence-electron chi connectivity index (χ2n) is 4.63. The average molecular weight is 220 g/mol. The standard InChI is InChI=1S/C13H20N2O/c1-3-11-6-7-15(9-11)12-4-5-13(10(2)16)14-8-12/h4-5,8,10-11,16H,3,6-7,9H2,1-2H3. The molecule has 2 unspecified atom stereocenters. The molecule has 3 nitrogen and oxygen atoms in total. The molecule has 1 aromatic rings. The molecule has 88 valence electrons. The first kappa shape index (κ1) is 11.4. The highest BCUT2D eigenvalue weighted by Crippen LogP contribution is 2.25. The number of aromatic nitrogens is 1. The minimum Gasteiger partial charge on any atom is -0.387 e. The van der Waals surface area contributed by atoms with E-state index in [1.54, 1.807) is 6.92 Å². The monoisotopic (exact) mass is 220 g/mol. The van der Waals surface area contributed by atoms with Crippen LogP contribution in [-0.4, -0.2) is 23.2 Å². The highest BCUT2D eigenvalue weighted by Gasteiger charge is 2.21. The maximum Gasteiger partial charge on any atom is 0.0931 e. The van der Waals surface area contributed by atoms with E-state index in [4.69, 9.17) is 0 Å². The van der Waals surface area contributed by atoms with E-state index in [9.17, 15) is 5.11 Å². The maximum atomic E-state index is 9.38. The molecule has 0 aliphatic carbocycles. The molecular weight excluding hydrogens is 200 g/mol. The van der Waals surface area contributed by atoms with Crippen molar-refractivity contribution in [3.05, 3.63) is 24.0 Å². The minimum atomic E-state index is -0.476. The predicted molar refractivity (Wildman–Crippen MR) is 65.5 cm³/mol. The Morgan fingerprint density at radius 3 is 2.88 bits per heavy atom. The molecular formula is C13H20N2O. The van der Waals surface area contributed by atoms with Gasteiger partial charge in [0.05, 0.1) is 23.7 Å². The smallest absolute Gasteiger partial charge is 0.0931 e. The summed E-state index contributed by atoms with van der Waals surface area (Å²) in [6.45, 7) is 6.27. The Morgan fingerprint density at radius 1 is 1.56 bits per heavy atom. The van der Waals surface area contributed by atoms with Crippen molar-refractivity contribution in [1.82, 2.24) is 4.98 Å². The van der Waals surface area contributed by atoms with Crippen LogP contribution in [0.25, 0.3) is 0 Å². The normalized spacial score (nSPS) is 22.4. The van der Waals surface area contributed by atoms with Crippen LogP contribution in [-0.2, 0) is 0 Å². The van der Waals surface area contributed by atoms with Crippen molar-refractivity contribution in [1.29, 1.82) is 0 Å². The van der Waals surface area contributed by atoms with Crippen molar-refractivity contribution >= 4 is 5.69 Å². The molecule has 0 saturated carbocycles. The number of anilines is 1. The van der Waals surface area contributed by atoms with Crippen molar-refractivity contribution in [3.63, 3.8) is 0 Å². The van der Waals surface area contributed by atoms with E-state index < -0.39 is 6.10 Å². The van der Waals surface area contributed by atoms with E-state index in [0.29, 0.717) is 0 Å². The van der Waals surface area contributed by atoms with E-state index in [0.717, 1.165) is 24.7 Å². The quantitative estimate of drug-likeness (QED) is 0.849. The number of pyridine rings is 1. The molecule has 2 atom stereocenters. The molecule has 2 heterocycles. The predicted octanol–water partition coefficient (Wildman–Crippen LogP) is 2.37. The van der Waals surface area contributed by atoms with E-state index >= 15 is 0 Å².